The highest BCUT2D eigenvalue weighted by Gasteiger charge is 2.44. The number of aromatic nitrogens is 3. The van der Waals surface area contributed by atoms with Gasteiger partial charge in [0.25, 0.3) is 0 Å². The fraction of sp³-hybridized carbons (Fsp3) is 0.469. The van der Waals surface area contributed by atoms with Crippen LogP contribution in [0.5, 0.6) is 11.8 Å². The molecule has 2 saturated carbocycles. The Morgan fingerprint density at radius 1 is 1.10 bits per heavy atom. The number of hydrogen-bond donors (Lipinski definition) is 1. The Morgan fingerprint density at radius 3 is 2.54 bits per heavy atom. The first kappa shape index (κ1) is 26.3. The van der Waals surface area contributed by atoms with Crippen LogP contribution in [0.4, 0.5) is 14.6 Å². The molecule has 0 atom stereocenters. The van der Waals surface area contributed by atoms with E-state index in [2.05, 4.69) is 33.9 Å². The summed E-state index contributed by atoms with van der Waals surface area (Å²) < 4.78 is 37.7. The molecular weight excluding hydrogens is 524 g/mol. The number of anilines is 1. The molecule has 0 spiro atoms. The fourth-order valence-corrected chi connectivity index (χ4v) is 7.00. The molecule has 9 heteroatoms. The number of rotatable bonds is 8. The second-order valence-corrected chi connectivity index (χ2v) is 12.6. The number of phenolic OH excluding ortho intramolecular Hbond substituents is 1. The van der Waals surface area contributed by atoms with E-state index in [0.717, 1.165) is 32.5 Å². The molecule has 0 amide bonds. The molecule has 7 nitrogen and oxygen atoms in total. The van der Waals surface area contributed by atoms with Crippen LogP contribution >= 0.6 is 0 Å². The highest BCUT2D eigenvalue weighted by molar-refractivity contribution is 6.01. The first-order valence-corrected chi connectivity index (χ1v) is 14.6. The third kappa shape index (κ3) is 4.64. The Balaban J connectivity index is 1.37. The summed E-state index contributed by atoms with van der Waals surface area (Å²) in [6.07, 6.45) is 6.63. The lowest BCUT2D eigenvalue weighted by Crippen LogP contribution is -2.49. The Hall–Kier alpha value is -3.59. The van der Waals surface area contributed by atoms with Crippen LogP contribution < -0.4 is 9.64 Å². The van der Waals surface area contributed by atoms with Crippen LogP contribution in [0.1, 0.15) is 38.2 Å². The Labute approximate surface area is 238 Å². The van der Waals surface area contributed by atoms with E-state index in [1.54, 1.807) is 18.3 Å². The minimum atomic E-state index is -0.634. The normalized spacial score (nSPS) is 21.0. The van der Waals surface area contributed by atoms with E-state index in [0.29, 0.717) is 58.0 Å². The van der Waals surface area contributed by atoms with Gasteiger partial charge in [0.05, 0.1) is 12.0 Å². The van der Waals surface area contributed by atoms with Gasteiger partial charge < -0.3 is 19.6 Å². The fourth-order valence-electron chi connectivity index (χ4n) is 7.00. The van der Waals surface area contributed by atoms with Gasteiger partial charge >= 0.3 is 6.01 Å². The van der Waals surface area contributed by atoms with Gasteiger partial charge in [0, 0.05) is 36.8 Å². The first-order chi connectivity index (χ1) is 19.7. The average molecular weight is 560 g/mol. The largest absolute Gasteiger partial charge is 0.508 e. The molecule has 1 N–H and O–H groups in total. The lowest BCUT2D eigenvalue weighted by Gasteiger charge is -2.47. The second kappa shape index (κ2) is 9.76. The highest BCUT2D eigenvalue weighted by atomic mass is 19.1. The number of ether oxygens (including phenoxy) is 1. The quantitative estimate of drug-likeness (QED) is 0.286. The number of pyridine rings is 1. The number of fused-ring (bicyclic) bond motifs is 4. The predicted molar refractivity (Wildman–Crippen MR) is 155 cm³/mol. The summed E-state index contributed by atoms with van der Waals surface area (Å²) in [5, 5.41) is 12.2. The predicted octanol–water partition coefficient (Wildman–Crippen LogP) is 5.96. The maximum Gasteiger partial charge on any atom is 0.319 e. The molecule has 2 aliphatic heterocycles. The van der Waals surface area contributed by atoms with Crippen molar-refractivity contribution in [2.75, 3.05) is 45.2 Å². The van der Waals surface area contributed by atoms with Gasteiger partial charge in [-0.15, -0.1) is 0 Å². The maximum atomic E-state index is 16.6. The number of phenols is 1. The number of nitrogens with zero attached hydrogens (tertiary/aromatic N) is 5. The molecule has 4 aromatic rings. The summed E-state index contributed by atoms with van der Waals surface area (Å²) in [6, 6.07) is 6.15. The molecule has 0 unspecified atom stereocenters. The number of aromatic hydroxyl groups is 1. The Bertz CT molecular complexity index is 1660. The van der Waals surface area contributed by atoms with E-state index in [1.807, 2.05) is 6.92 Å². The third-order valence-electron chi connectivity index (χ3n) is 9.11. The van der Waals surface area contributed by atoms with E-state index in [4.69, 9.17) is 9.72 Å². The number of aryl methyl sites for hydroxylation is 1. The zero-order chi connectivity index (χ0) is 28.5. The van der Waals surface area contributed by atoms with E-state index in [9.17, 15) is 9.50 Å². The molecule has 2 aromatic carbocycles. The van der Waals surface area contributed by atoms with Gasteiger partial charge in [-0.2, -0.15) is 9.97 Å². The summed E-state index contributed by atoms with van der Waals surface area (Å²) in [6.45, 7) is 4.97. The topological polar surface area (TPSA) is 74.6 Å². The molecule has 4 aliphatic rings. The summed E-state index contributed by atoms with van der Waals surface area (Å²) in [4.78, 5) is 18.4. The van der Waals surface area contributed by atoms with Crippen LogP contribution in [0.3, 0.4) is 0 Å². The number of benzene rings is 2. The first-order valence-electron chi connectivity index (χ1n) is 14.6. The van der Waals surface area contributed by atoms with Crippen molar-refractivity contribution in [1.29, 1.82) is 0 Å². The number of halogens is 2. The lowest BCUT2D eigenvalue weighted by atomic mass is 9.71. The molecular formula is C32H35F2N5O2. The number of piperidine rings is 2. The lowest BCUT2D eigenvalue weighted by molar-refractivity contribution is 0.157. The van der Waals surface area contributed by atoms with Crippen LogP contribution in [0.25, 0.3) is 32.9 Å². The van der Waals surface area contributed by atoms with Crippen LogP contribution in [-0.4, -0.2) is 65.3 Å². The van der Waals surface area contributed by atoms with E-state index >= 15 is 4.39 Å². The zero-order valence-corrected chi connectivity index (χ0v) is 23.8. The van der Waals surface area contributed by atoms with Gasteiger partial charge in [0.2, 0.25) is 0 Å². The standard InChI is InChI=1S/C32H35F2N5O2/c1-4-22-25(33)6-5-20-11-21(40)12-23(26(20)22)28-27(34)29-24(13-35-28)30(39-14-18-9-19(10-18)15-39)37-31(36-29)41-17-32(7-8-32)16-38(2)3/h5-6,11-13,18-19,40H,4,7-10,14-17H2,1-3H3. The molecule has 8 rings (SSSR count). The molecule has 2 saturated heterocycles. The van der Waals surface area contributed by atoms with Crippen LogP contribution in [0, 0.1) is 28.9 Å². The van der Waals surface area contributed by atoms with E-state index < -0.39 is 5.82 Å². The molecule has 4 fully saturated rings. The van der Waals surface area contributed by atoms with Crippen molar-refractivity contribution >= 4 is 27.5 Å². The molecule has 2 aliphatic carbocycles. The van der Waals surface area contributed by atoms with Crippen molar-refractivity contribution in [3.63, 3.8) is 0 Å². The Kier molecular flexibility index (Phi) is 6.26. The van der Waals surface area contributed by atoms with Crippen LogP contribution in [-0.2, 0) is 6.42 Å². The van der Waals surface area contributed by atoms with E-state index in [1.165, 1.54) is 25.0 Å². The second-order valence-electron chi connectivity index (χ2n) is 12.6. The summed E-state index contributed by atoms with van der Waals surface area (Å²) in [5.74, 6) is 0.843. The van der Waals surface area contributed by atoms with Gasteiger partial charge in [-0.05, 0) is 92.6 Å². The molecule has 0 radical (unpaired) electrons. The van der Waals surface area contributed by atoms with Crippen LogP contribution in [0.2, 0.25) is 0 Å². The molecule has 214 valence electrons. The Morgan fingerprint density at radius 2 is 1.85 bits per heavy atom. The molecule has 2 bridgehead atoms. The molecule has 41 heavy (non-hydrogen) atoms. The monoisotopic (exact) mass is 559 g/mol. The van der Waals surface area contributed by atoms with Gasteiger partial charge in [0.1, 0.15) is 28.6 Å². The third-order valence-corrected chi connectivity index (χ3v) is 9.11. The SMILES string of the molecule is CCc1c(F)ccc2cc(O)cc(-c3ncc4c(N5CC6CC(C6)C5)nc(OCC5(CN(C)C)CC5)nc4c3F)c12. The van der Waals surface area contributed by atoms with Crippen molar-refractivity contribution in [2.24, 2.45) is 17.3 Å². The number of hydrogen-bond acceptors (Lipinski definition) is 7. The van der Waals surface area contributed by atoms with E-state index in [-0.39, 0.29) is 34.2 Å². The minimum absolute atomic E-state index is 0.0158. The van der Waals surface area contributed by atoms with Crippen molar-refractivity contribution < 1.29 is 18.6 Å². The molecule has 4 heterocycles. The van der Waals surface area contributed by atoms with Crippen molar-refractivity contribution in [3.8, 4) is 23.0 Å². The van der Waals surface area contributed by atoms with Gasteiger partial charge in [-0.3, -0.25) is 4.98 Å². The van der Waals surface area contributed by atoms with Gasteiger partial charge in [-0.25, -0.2) is 8.78 Å². The average Bonchev–Trinajstić information content (AvgIpc) is 3.70. The van der Waals surface area contributed by atoms with Crippen molar-refractivity contribution in [2.45, 2.75) is 39.0 Å². The summed E-state index contributed by atoms with van der Waals surface area (Å²) >= 11 is 0. The molecule has 2 aromatic heterocycles. The van der Waals surface area contributed by atoms with Crippen molar-refractivity contribution in [3.05, 3.63) is 47.7 Å². The highest BCUT2D eigenvalue weighted by Crippen LogP contribution is 2.47. The summed E-state index contributed by atoms with van der Waals surface area (Å²) in [5.41, 5.74) is 0.993. The summed E-state index contributed by atoms with van der Waals surface area (Å²) in [7, 11) is 4.11. The van der Waals surface area contributed by atoms with Crippen molar-refractivity contribution in [1.82, 2.24) is 19.9 Å². The smallest absolute Gasteiger partial charge is 0.319 e. The zero-order valence-electron chi connectivity index (χ0n) is 23.8. The van der Waals surface area contributed by atoms with Gasteiger partial charge in [-0.1, -0.05) is 13.0 Å². The minimum Gasteiger partial charge on any atom is -0.508 e. The van der Waals surface area contributed by atoms with Crippen LogP contribution in [0.15, 0.2) is 30.5 Å². The maximum absolute atomic E-state index is 16.6. The van der Waals surface area contributed by atoms with Gasteiger partial charge in [0.15, 0.2) is 5.82 Å².